The molecule has 2 atom stereocenters. The molecule has 1 aromatic rings. The molecule has 0 N–H and O–H groups in total. The van der Waals surface area contributed by atoms with Gasteiger partial charge in [0.05, 0.1) is 5.92 Å². The van der Waals surface area contributed by atoms with Crippen molar-refractivity contribution in [3.05, 3.63) is 42.5 Å². The van der Waals surface area contributed by atoms with Crippen LogP contribution in [0.2, 0.25) is 0 Å². The lowest BCUT2D eigenvalue weighted by atomic mass is 9.84. The van der Waals surface area contributed by atoms with E-state index in [1.165, 1.54) is 11.0 Å². The maximum Gasteiger partial charge on any atom is 0.333 e. The molecular formula is C13H11NO3. The molecule has 2 aliphatic heterocycles. The number of para-hydroxylation sites is 1. The number of hydrogen-bond donors (Lipinski definition) is 0. The van der Waals surface area contributed by atoms with Crippen LogP contribution in [0.5, 0.6) is 0 Å². The highest BCUT2D eigenvalue weighted by Gasteiger charge is 2.61. The van der Waals surface area contributed by atoms with E-state index < -0.39 is 11.7 Å². The minimum absolute atomic E-state index is 0.0319. The normalized spacial score (nSPS) is 30.6. The molecule has 17 heavy (non-hydrogen) atoms. The Morgan fingerprint density at radius 1 is 1.24 bits per heavy atom. The first-order valence-corrected chi connectivity index (χ1v) is 5.46. The Hall–Kier alpha value is -2.10. The minimum Gasteiger partial charge on any atom is -0.431 e. The summed E-state index contributed by atoms with van der Waals surface area (Å²) in [6.07, 6.45) is 3.03. The van der Waals surface area contributed by atoms with Crippen LogP contribution in [0.15, 0.2) is 42.5 Å². The number of carbonyl (C=O) groups excluding carboxylic acids is 2. The van der Waals surface area contributed by atoms with Crippen LogP contribution in [0, 0.1) is 5.92 Å². The van der Waals surface area contributed by atoms with Gasteiger partial charge in [0.15, 0.2) is 0 Å². The van der Waals surface area contributed by atoms with Crippen molar-refractivity contribution < 1.29 is 14.3 Å². The van der Waals surface area contributed by atoms with E-state index >= 15 is 0 Å². The van der Waals surface area contributed by atoms with Crippen LogP contribution in [-0.4, -0.2) is 17.6 Å². The lowest BCUT2D eigenvalue weighted by molar-refractivity contribution is -0.165. The lowest BCUT2D eigenvalue weighted by Crippen LogP contribution is -2.70. The summed E-state index contributed by atoms with van der Waals surface area (Å²) in [7, 11) is 0. The van der Waals surface area contributed by atoms with E-state index in [0.717, 1.165) is 5.69 Å². The SMILES string of the molecule is C[C@@H]1C(=O)N(c2ccccc2)[C@]12C=CC(=O)O2. The molecule has 1 fully saturated rings. The van der Waals surface area contributed by atoms with Crippen molar-refractivity contribution in [3.8, 4) is 0 Å². The topological polar surface area (TPSA) is 46.6 Å². The number of amides is 1. The Morgan fingerprint density at radius 3 is 2.53 bits per heavy atom. The smallest absolute Gasteiger partial charge is 0.333 e. The van der Waals surface area contributed by atoms with Crippen LogP contribution in [0.25, 0.3) is 0 Å². The third-order valence-corrected chi connectivity index (χ3v) is 3.30. The molecular weight excluding hydrogens is 218 g/mol. The predicted molar refractivity (Wildman–Crippen MR) is 61.1 cm³/mol. The lowest BCUT2D eigenvalue weighted by Gasteiger charge is -2.51. The molecule has 1 aromatic carbocycles. The van der Waals surface area contributed by atoms with Gasteiger partial charge in [-0.15, -0.1) is 0 Å². The molecule has 3 rings (SSSR count). The number of ether oxygens (including phenoxy) is 1. The molecule has 4 heteroatoms. The second-order valence-electron chi connectivity index (χ2n) is 4.24. The van der Waals surface area contributed by atoms with Gasteiger partial charge in [-0.1, -0.05) is 18.2 Å². The number of esters is 1. The van der Waals surface area contributed by atoms with E-state index in [1.807, 2.05) is 30.3 Å². The number of nitrogens with zero attached hydrogens (tertiary/aromatic N) is 1. The van der Waals surface area contributed by atoms with Crippen LogP contribution in [0.4, 0.5) is 5.69 Å². The Labute approximate surface area is 98.5 Å². The average molecular weight is 229 g/mol. The molecule has 2 aliphatic rings. The molecule has 0 unspecified atom stereocenters. The van der Waals surface area contributed by atoms with Crippen molar-refractivity contribution in [2.24, 2.45) is 5.92 Å². The molecule has 0 radical (unpaired) electrons. The molecule has 0 bridgehead atoms. The molecule has 2 heterocycles. The Kier molecular flexibility index (Phi) is 1.90. The van der Waals surface area contributed by atoms with Gasteiger partial charge in [0.2, 0.25) is 11.6 Å². The van der Waals surface area contributed by atoms with Crippen LogP contribution < -0.4 is 4.90 Å². The van der Waals surface area contributed by atoms with Crippen molar-refractivity contribution in [2.75, 3.05) is 4.90 Å². The van der Waals surface area contributed by atoms with Gasteiger partial charge in [0.1, 0.15) is 0 Å². The van der Waals surface area contributed by atoms with E-state index in [0.29, 0.717) is 0 Å². The first-order chi connectivity index (χ1) is 8.15. The Morgan fingerprint density at radius 2 is 1.94 bits per heavy atom. The number of rotatable bonds is 1. The van der Waals surface area contributed by atoms with E-state index in [9.17, 15) is 9.59 Å². The maximum absolute atomic E-state index is 11.9. The van der Waals surface area contributed by atoms with Crippen molar-refractivity contribution in [2.45, 2.75) is 12.6 Å². The highest BCUT2D eigenvalue weighted by Crippen LogP contribution is 2.45. The van der Waals surface area contributed by atoms with Gasteiger partial charge >= 0.3 is 5.97 Å². The van der Waals surface area contributed by atoms with Gasteiger partial charge in [-0.05, 0) is 25.1 Å². The first-order valence-electron chi connectivity index (χ1n) is 5.46. The molecule has 86 valence electrons. The fraction of sp³-hybridized carbons (Fsp3) is 0.231. The summed E-state index contributed by atoms with van der Waals surface area (Å²) in [6.45, 7) is 1.77. The molecule has 0 saturated carbocycles. The number of carbonyl (C=O) groups is 2. The van der Waals surface area contributed by atoms with Gasteiger partial charge in [0.25, 0.3) is 0 Å². The average Bonchev–Trinajstić information content (AvgIpc) is 2.75. The molecule has 1 spiro atoms. The van der Waals surface area contributed by atoms with Gasteiger partial charge in [-0.25, -0.2) is 4.79 Å². The van der Waals surface area contributed by atoms with Crippen LogP contribution in [0.1, 0.15) is 6.92 Å². The Balaban J connectivity index is 2.03. The monoisotopic (exact) mass is 229 g/mol. The van der Waals surface area contributed by atoms with Crippen LogP contribution in [0.3, 0.4) is 0 Å². The molecule has 1 amide bonds. The molecule has 1 saturated heterocycles. The summed E-state index contributed by atoms with van der Waals surface area (Å²) in [5.74, 6) is -0.758. The number of hydrogen-bond acceptors (Lipinski definition) is 3. The zero-order valence-electron chi connectivity index (χ0n) is 9.29. The number of anilines is 1. The van der Waals surface area contributed by atoms with Gasteiger partial charge < -0.3 is 4.74 Å². The van der Waals surface area contributed by atoms with E-state index in [4.69, 9.17) is 4.74 Å². The minimum atomic E-state index is -0.907. The Bertz CT molecular complexity index is 523. The number of β-lactam (4-membered cyclic amide) rings is 1. The van der Waals surface area contributed by atoms with Gasteiger partial charge in [0, 0.05) is 11.8 Å². The highest BCUT2D eigenvalue weighted by molar-refractivity contribution is 6.07. The van der Waals surface area contributed by atoms with Crippen molar-refractivity contribution in [3.63, 3.8) is 0 Å². The van der Waals surface area contributed by atoms with Crippen LogP contribution >= 0.6 is 0 Å². The second-order valence-corrected chi connectivity index (χ2v) is 4.24. The summed E-state index contributed by atoms with van der Waals surface area (Å²) < 4.78 is 5.29. The summed E-state index contributed by atoms with van der Waals surface area (Å²) in [5, 5.41) is 0. The largest absolute Gasteiger partial charge is 0.431 e. The zero-order chi connectivity index (χ0) is 12.0. The number of benzene rings is 1. The highest BCUT2D eigenvalue weighted by atomic mass is 16.6. The predicted octanol–water partition coefficient (Wildman–Crippen LogP) is 1.48. The second kappa shape index (κ2) is 3.20. The fourth-order valence-electron chi connectivity index (χ4n) is 2.35. The zero-order valence-corrected chi connectivity index (χ0v) is 9.29. The molecule has 0 aromatic heterocycles. The first kappa shape index (κ1) is 10.1. The summed E-state index contributed by atoms with van der Waals surface area (Å²) >= 11 is 0. The van der Waals surface area contributed by atoms with Crippen LogP contribution in [-0.2, 0) is 14.3 Å². The molecule has 4 nitrogen and oxygen atoms in total. The van der Waals surface area contributed by atoms with E-state index in [-0.39, 0.29) is 11.8 Å². The standard InChI is InChI=1S/C13H11NO3/c1-9-12(16)14(10-5-3-2-4-6-10)13(9)8-7-11(15)17-13/h2-9H,1H3/t9-,13+/m1/s1. The van der Waals surface area contributed by atoms with Crippen molar-refractivity contribution in [1.82, 2.24) is 0 Å². The van der Waals surface area contributed by atoms with Gasteiger partial charge in [-0.3, -0.25) is 9.69 Å². The van der Waals surface area contributed by atoms with Gasteiger partial charge in [-0.2, -0.15) is 0 Å². The third-order valence-electron chi connectivity index (χ3n) is 3.30. The van der Waals surface area contributed by atoms with E-state index in [2.05, 4.69) is 0 Å². The summed E-state index contributed by atoms with van der Waals surface area (Å²) in [5.41, 5.74) is -0.162. The summed E-state index contributed by atoms with van der Waals surface area (Å²) in [4.78, 5) is 24.7. The third kappa shape index (κ3) is 1.18. The maximum atomic E-state index is 11.9. The van der Waals surface area contributed by atoms with Crippen molar-refractivity contribution in [1.29, 1.82) is 0 Å². The summed E-state index contributed by atoms with van der Waals surface area (Å²) in [6, 6.07) is 9.22. The fourth-order valence-corrected chi connectivity index (χ4v) is 2.35. The quantitative estimate of drug-likeness (QED) is 0.541. The molecule has 0 aliphatic carbocycles. The van der Waals surface area contributed by atoms with Crippen molar-refractivity contribution >= 4 is 17.6 Å². The van der Waals surface area contributed by atoms with E-state index in [1.54, 1.807) is 13.0 Å².